The predicted molar refractivity (Wildman–Crippen MR) is 91.2 cm³/mol. The number of nitrogens with two attached hydrogens (primary N) is 1. The second kappa shape index (κ2) is 8.11. The molecule has 0 aliphatic carbocycles. The monoisotopic (exact) mass is 287 g/mol. The standard InChI is InChI=1S/C18H25NS/c1-2-3-4-5-6-7-8-15-13-14-20-18(15)16-9-11-17(19)12-10-16/h9-14H,2-8,19H2,1H3. The van der Waals surface area contributed by atoms with Crippen molar-refractivity contribution in [3.63, 3.8) is 0 Å². The molecule has 0 radical (unpaired) electrons. The smallest absolute Gasteiger partial charge is 0.0374 e. The van der Waals surface area contributed by atoms with Gasteiger partial charge in [-0.05, 0) is 47.5 Å². The summed E-state index contributed by atoms with van der Waals surface area (Å²) in [6.45, 7) is 2.27. The minimum Gasteiger partial charge on any atom is -0.399 e. The second-order valence-electron chi connectivity index (χ2n) is 5.41. The van der Waals surface area contributed by atoms with E-state index in [9.17, 15) is 0 Å². The molecule has 1 heterocycles. The van der Waals surface area contributed by atoms with Crippen molar-refractivity contribution in [2.45, 2.75) is 51.9 Å². The minimum atomic E-state index is 0.836. The first-order chi connectivity index (χ1) is 9.81. The van der Waals surface area contributed by atoms with Crippen LogP contribution in [0.2, 0.25) is 0 Å². The fourth-order valence-electron chi connectivity index (χ4n) is 2.52. The summed E-state index contributed by atoms with van der Waals surface area (Å²) in [5.41, 5.74) is 9.39. The van der Waals surface area contributed by atoms with E-state index in [2.05, 4.69) is 30.5 Å². The number of unbranched alkanes of at least 4 members (excludes halogenated alkanes) is 5. The quantitative estimate of drug-likeness (QED) is 0.474. The molecular formula is C18H25NS. The Morgan fingerprint density at radius 3 is 2.35 bits per heavy atom. The molecule has 2 N–H and O–H groups in total. The molecule has 2 rings (SSSR count). The van der Waals surface area contributed by atoms with Gasteiger partial charge in [0.25, 0.3) is 0 Å². The van der Waals surface area contributed by atoms with Crippen LogP contribution in [0.1, 0.15) is 51.0 Å². The Morgan fingerprint density at radius 2 is 1.60 bits per heavy atom. The molecule has 0 saturated heterocycles. The highest BCUT2D eigenvalue weighted by Crippen LogP contribution is 2.31. The molecular weight excluding hydrogens is 262 g/mol. The lowest BCUT2D eigenvalue weighted by Crippen LogP contribution is -1.88. The maximum Gasteiger partial charge on any atom is 0.0374 e. The van der Waals surface area contributed by atoms with Gasteiger partial charge in [-0.1, -0.05) is 51.2 Å². The lowest BCUT2D eigenvalue weighted by atomic mass is 10.0. The summed E-state index contributed by atoms with van der Waals surface area (Å²) in [6.07, 6.45) is 9.36. The van der Waals surface area contributed by atoms with Crippen LogP contribution in [0.25, 0.3) is 10.4 Å². The summed E-state index contributed by atoms with van der Waals surface area (Å²) in [6, 6.07) is 10.5. The fraction of sp³-hybridized carbons (Fsp3) is 0.444. The van der Waals surface area contributed by atoms with E-state index in [1.54, 1.807) is 0 Å². The minimum absolute atomic E-state index is 0.836. The molecule has 2 aromatic rings. The van der Waals surface area contributed by atoms with E-state index in [4.69, 9.17) is 5.73 Å². The Morgan fingerprint density at radius 1 is 0.900 bits per heavy atom. The van der Waals surface area contributed by atoms with Crippen LogP contribution in [0.4, 0.5) is 5.69 Å². The zero-order chi connectivity index (χ0) is 14.2. The van der Waals surface area contributed by atoms with Gasteiger partial charge in [0.2, 0.25) is 0 Å². The van der Waals surface area contributed by atoms with Crippen LogP contribution in [0, 0.1) is 0 Å². The topological polar surface area (TPSA) is 26.0 Å². The third-order valence-electron chi connectivity index (χ3n) is 3.72. The Kier molecular flexibility index (Phi) is 6.13. The normalized spacial score (nSPS) is 10.8. The van der Waals surface area contributed by atoms with Crippen molar-refractivity contribution in [2.75, 3.05) is 5.73 Å². The molecule has 2 heteroatoms. The number of hydrogen-bond donors (Lipinski definition) is 1. The Hall–Kier alpha value is -1.28. The molecule has 0 atom stereocenters. The maximum absolute atomic E-state index is 5.76. The van der Waals surface area contributed by atoms with E-state index < -0.39 is 0 Å². The van der Waals surface area contributed by atoms with Crippen LogP contribution in [-0.2, 0) is 6.42 Å². The first-order valence-corrected chi connectivity index (χ1v) is 8.61. The number of thiophene rings is 1. The van der Waals surface area contributed by atoms with E-state index in [1.165, 1.54) is 60.9 Å². The van der Waals surface area contributed by atoms with Gasteiger partial charge >= 0.3 is 0 Å². The molecule has 0 fully saturated rings. The molecule has 1 aromatic heterocycles. The van der Waals surface area contributed by atoms with Gasteiger partial charge in [-0.25, -0.2) is 0 Å². The van der Waals surface area contributed by atoms with Gasteiger partial charge < -0.3 is 5.73 Å². The number of benzene rings is 1. The molecule has 0 aliphatic heterocycles. The van der Waals surface area contributed by atoms with E-state index >= 15 is 0 Å². The van der Waals surface area contributed by atoms with Crippen molar-refractivity contribution >= 4 is 17.0 Å². The van der Waals surface area contributed by atoms with Gasteiger partial charge in [0.1, 0.15) is 0 Å². The first kappa shape index (κ1) is 15.1. The van der Waals surface area contributed by atoms with E-state index in [0.29, 0.717) is 0 Å². The second-order valence-corrected chi connectivity index (χ2v) is 6.33. The summed E-state index contributed by atoms with van der Waals surface area (Å²) in [7, 11) is 0. The van der Waals surface area contributed by atoms with Gasteiger partial charge in [-0.15, -0.1) is 11.3 Å². The molecule has 0 bridgehead atoms. The van der Waals surface area contributed by atoms with Crippen LogP contribution in [0.5, 0.6) is 0 Å². The molecule has 108 valence electrons. The average Bonchev–Trinajstić information content (AvgIpc) is 2.92. The zero-order valence-electron chi connectivity index (χ0n) is 12.4. The van der Waals surface area contributed by atoms with Gasteiger partial charge in [0.15, 0.2) is 0 Å². The van der Waals surface area contributed by atoms with Crippen molar-refractivity contribution in [1.82, 2.24) is 0 Å². The first-order valence-electron chi connectivity index (χ1n) is 7.73. The average molecular weight is 287 g/mol. The third kappa shape index (κ3) is 4.38. The largest absolute Gasteiger partial charge is 0.399 e. The molecule has 20 heavy (non-hydrogen) atoms. The Labute approximate surface area is 126 Å². The predicted octanol–water partition coefficient (Wildman–Crippen LogP) is 5.90. The molecule has 0 aliphatic rings. The molecule has 0 amide bonds. The van der Waals surface area contributed by atoms with Crippen molar-refractivity contribution in [2.24, 2.45) is 0 Å². The number of anilines is 1. The van der Waals surface area contributed by atoms with E-state index in [0.717, 1.165) is 5.69 Å². The summed E-state index contributed by atoms with van der Waals surface area (Å²) < 4.78 is 0. The molecule has 0 saturated carbocycles. The van der Waals surface area contributed by atoms with Crippen LogP contribution >= 0.6 is 11.3 Å². The highest BCUT2D eigenvalue weighted by molar-refractivity contribution is 7.13. The molecule has 1 nitrogen and oxygen atoms in total. The number of aryl methyl sites for hydroxylation is 1. The van der Waals surface area contributed by atoms with Gasteiger partial charge in [0.05, 0.1) is 0 Å². The summed E-state index contributed by atoms with van der Waals surface area (Å²) >= 11 is 1.84. The highest BCUT2D eigenvalue weighted by Gasteiger charge is 2.06. The Bertz CT molecular complexity index is 498. The van der Waals surface area contributed by atoms with Gasteiger partial charge in [0, 0.05) is 10.6 Å². The number of rotatable bonds is 8. The summed E-state index contributed by atoms with van der Waals surface area (Å²) in [4.78, 5) is 1.42. The van der Waals surface area contributed by atoms with Crippen molar-refractivity contribution in [3.8, 4) is 10.4 Å². The summed E-state index contributed by atoms with van der Waals surface area (Å²) in [5.74, 6) is 0. The van der Waals surface area contributed by atoms with Crippen molar-refractivity contribution < 1.29 is 0 Å². The Balaban J connectivity index is 1.87. The van der Waals surface area contributed by atoms with Gasteiger partial charge in [-0.2, -0.15) is 0 Å². The van der Waals surface area contributed by atoms with Crippen LogP contribution < -0.4 is 5.73 Å². The van der Waals surface area contributed by atoms with Crippen LogP contribution in [0.3, 0.4) is 0 Å². The SMILES string of the molecule is CCCCCCCCc1ccsc1-c1ccc(N)cc1. The lowest BCUT2D eigenvalue weighted by molar-refractivity contribution is 0.608. The lowest BCUT2D eigenvalue weighted by Gasteiger charge is -2.05. The molecule has 0 spiro atoms. The maximum atomic E-state index is 5.76. The zero-order valence-corrected chi connectivity index (χ0v) is 13.2. The van der Waals surface area contributed by atoms with Gasteiger partial charge in [-0.3, -0.25) is 0 Å². The van der Waals surface area contributed by atoms with Crippen LogP contribution in [0.15, 0.2) is 35.7 Å². The summed E-state index contributed by atoms with van der Waals surface area (Å²) in [5, 5.41) is 2.21. The third-order valence-corrected chi connectivity index (χ3v) is 4.73. The molecule has 1 aromatic carbocycles. The van der Waals surface area contributed by atoms with E-state index in [-0.39, 0.29) is 0 Å². The van der Waals surface area contributed by atoms with Crippen molar-refractivity contribution in [3.05, 3.63) is 41.3 Å². The number of nitrogen functional groups attached to an aromatic ring is 1. The van der Waals surface area contributed by atoms with E-state index in [1.807, 2.05) is 23.5 Å². The highest BCUT2D eigenvalue weighted by atomic mass is 32.1. The van der Waals surface area contributed by atoms with Crippen molar-refractivity contribution in [1.29, 1.82) is 0 Å². The van der Waals surface area contributed by atoms with Crippen LogP contribution in [-0.4, -0.2) is 0 Å². The fourth-order valence-corrected chi connectivity index (χ4v) is 3.48. The molecule has 0 unspecified atom stereocenters. The number of hydrogen-bond acceptors (Lipinski definition) is 2.